The maximum Gasteiger partial charge on any atom is 0.408 e. The standard InChI is InChI=1S/C18H25NO5/c1-12(21)14(13-8-6-5-7-9-13)10-15(16(22)11-20)19-17(23)24-18(2,3)4/h5-9,14-15,20H,10-11H2,1-4H3,(H,19,23). The van der Waals surface area contributed by atoms with Crippen molar-refractivity contribution in [2.75, 3.05) is 6.61 Å². The Bertz CT molecular complexity index is 577. The molecule has 1 aromatic carbocycles. The van der Waals surface area contributed by atoms with E-state index in [0.29, 0.717) is 0 Å². The Balaban J connectivity index is 2.93. The van der Waals surface area contributed by atoms with Crippen molar-refractivity contribution in [1.82, 2.24) is 5.32 Å². The second-order valence-electron chi connectivity index (χ2n) is 6.63. The van der Waals surface area contributed by atoms with Gasteiger partial charge in [0, 0.05) is 5.92 Å². The Morgan fingerprint density at radius 2 is 1.75 bits per heavy atom. The van der Waals surface area contributed by atoms with E-state index < -0.39 is 36.0 Å². The number of Topliss-reactive ketones (excluding diaryl/α,β-unsaturated/α-hetero) is 2. The molecule has 24 heavy (non-hydrogen) atoms. The number of ketones is 2. The Morgan fingerprint density at radius 3 is 2.21 bits per heavy atom. The molecule has 6 nitrogen and oxygen atoms in total. The first kappa shape index (κ1) is 19.8. The normalized spacial score (nSPS) is 13.7. The highest BCUT2D eigenvalue weighted by molar-refractivity contribution is 5.90. The van der Waals surface area contributed by atoms with Gasteiger partial charge in [0.05, 0.1) is 6.04 Å². The second-order valence-corrected chi connectivity index (χ2v) is 6.63. The van der Waals surface area contributed by atoms with E-state index in [-0.39, 0.29) is 12.2 Å². The summed E-state index contributed by atoms with van der Waals surface area (Å²) in [5.74, 6) is -1.24. The van der Waals surface area contributed by atoms with Gasteiger partial charge < -0.3 is 15.2 Å². The van der Waals surface area contributed by atoms with Crippen LogP contribution in [-0.2, 0) is 14.3 Å². The summed E-state index contributed by atoms with van der Waals surface area (Å²) in [6, 6.07) is 8.01. The van der Waals surface area contributed by atoms with Crippen molar-refractivity contribution in [1.29, 1.82) is 0 Å². The smallest absolute Gasteiger partial charge is 0.408 e. The summed E-state index contributed by atoms with van der Waals surface area (Å²) in [4.78, 5) is 35.9. The van der Waals surface area contributed by atoms with Gasteiger partial charge in [-0.1, -0.05) is 30.3 Å². The third-order valence-corrected chi connectivity index (χ3v) is 3.40. The molecule has 0 radical (unpaired) electrons. The lowest BCUT2D eigenvalue weighted by Crippen LogP contribution is -2.45. The van der Waals surface area contributed by atoms with Crippen molar-refractivity contribution < 1.29 is 24.2 Å². The average Bonchev–Trinajstić information content (AvgIpc) is 2.49. The number of alkyl carbamates (subject to hydrolysis) is 1. The molecule has 6 heteroatoms. The van der Waals surface area contributed by atoms with Crippen LogP contribution in [0.25, 0.3) is 0 Å². The minimum absolute atomic E-state index is 0.0674. The molecule has 1 aromatic rings. The maximum atomic E-state index is 12.0. The molecule has 0 bridgehead atoms. The maximum absolute atomic E-state index is 12.0. The molecule has 0 spiro atoms. The van der Waals surface area contributed by atoms with Crippen LogP contribution in [0.3, 0.4) is 0 Å². The predicted molar refractivity (Wildman–Crippen MR) is 89.7 cm³/mol. The Morgan fingerprint density at radius 1 is 1.17 bits per heavy atom. The molecule has 132 valence electrons. The van der Waals surface area contributed by atoms with Crippen LogP contribution in [0.4, 0.5) is 4.79 Å². The van der Waals surface area contributed by atoms with Gasteiger partial charge in [-0.15, -0.1) is 0 Å². The van der Waals surface area contributed by atoms with Crippen LogP contribution in [0.15, 0.2) is 30.3 Å². The third kappa shape index (κ3) is 6.50. The fourth-order valence-electron chi connectivity index (χ4n) is 2.29. The van der Waals surface area contributed by atoms with E-state index in [1.165, 1.54) is 6.92 Å². The Hall–Kier alpha value is -2.21. The lowest BCUT2D eigenvalue weighted by molar-refractivity contribution is -0.124. The van der Waals surface area contributed by atoms with Crippen molar-refractivity contribution in [3.63, 3.8) is 0 Å². The van der Waals surface area contributed by atoms with E-state index in [1.54, 1.807) is 45.0 Å². The molecule has 1 rings (SSSR count). The number of nitrogens with one attached hydrogen (secondary N) is 1. The van der Waals surface area contributed by atoms with Crippen LogP contribution in [-0.4, -0.2) is 41.0 Å². The van der Waals surface area contributed by atoms with Crippen LogP contribution in [0, 0.1) is 0 Å². The van der Waals surface area contributed by atoms with Crippen molar-refractivity contribution in [3.05, 3.63) is 35.9 Å². The molecule has 0 aliphatic rings. The monoisotopic (exact) mass is 335 g/mol. The minimum atomic E-state index is -1.00. The average molecular weight is 335 g/mol. The summed E-state index contributed by atoms with van der Waals surface area (Å²) in [6.07, 6.45) is -0.692. The zero-order valence-electron chi connectivity index (χ0n) is 14.5. The van der Waals surface area contributed by atoms with Crippen molar-refractivity contribution in [2.24, 2.45) is 0 Å². The number of aliphatic hydroxyl groups is 1. The summed E-state index contributed by atoms with van der Waals surface area (Å²) in [7, 11) is 0. The van der Waals surface area contributed by atoms with Crippen LogP contribution < -0.4 is 5.32 Å². The Kier molecular flexibility index (Phi) is 7.10. The number of rotatable bonds is 7. The summed E-state index contributed by atoms with van der Waals surface area (Å²) in [5.41, 5.74) is 0.0442. The molecule has 0 saturated heterocycles. The molecule has 0 heterocycles. The SMILES string of the molecule is CC(=O)C(CC(NC(=O)OC(C)(C)C)C(=O)CO)c1ccccc1. The number of benzene rings is 1. The molecule has 2 unspecified atom stereocenters. The van der Waals surface area contributed by atoms with E-state index >= 15 is 0 Å². The molecule has 1 amide bonds. The van der Waals surface area contributed by atoms with Gasteiger partial charge in [0.1, 0.15) is 18.0 Å². The first-order chi connectivity index (χ1) is 11.1. The van der Waals surface area contributed by atoms with Gasteiger partial charge >= 0.3 is 6.09 Å². The molecular weight excluding hydrogens is 310 g/mol. The zero-order valence-corrected chi connectivity index (χ0v) is 14.5. The van der Waals surface area contributed by atoms with E-state index in [2.05, 4.69) is 5.32 Å². The number of amides is 1. The lowest BCUT2D eigenvalue weighted by atomic mass is 9.88. The summed E-state index contributed by atoms with van der Waals surface area (Å²) in [5, 5.41) is 11.6. The molecular formula is C18H25NO5. The van der Waals surface area contributed by atoms with Gasteiger partial charge in [-0.2, -0.15) is 0 Å². The number of carbonyl (C=O) groups is 3. The van der Waals surface area contributed by atoms with Gasteiger partial charge in [-0.05, 0) is 39.7 Å². The number of hydrogen-bond acceptors (Lipinski definition) is 5. The topological polar surface area (TPSA) is 92.7 Å². The highest BCUT2D eigenvalue weighted by atomic mass is 16.6. The highest BCUT2D eigenvalue weighted by Gasteiger charge is 2.29. The van der Waals surface area contributed by atoms with Crippen LogP contribution in [0.1, 0.15) is 45.6 Å². The number of aliphatic hydroxyl groups excluding tert-OH is 1. The van der Waals surface area contributed by atoms with Crippen LogP contribution in [0.5, 0.6) is 0 Å². The molecule has 0 aliphatic carbocycles. The van der Waals surface area contributed by atoms with Crippen LogP contribution >= 0.6 is 0 Å². The van der Waals surface area contributed by atoms with Crippen molar-refractivity contribution in [3.8, 4) is 0 Å². The third-order valence-electron chi connectivity index (χ3n) is 3.40. The first-order valence-electron chi connectivity index (χ1n) is 7.82. The molecule has 0 aromatic heterocycles. The Labute approximate surface area is 142 Å². The van der Waals surface area contributed by atoms with E-state index in [0.717, 1.165) is 5.56 Å². The number of hydrogen-bond donors (Lipinski definition) is 2. The van der Waals surface area contributed by atoms with E-state index in [9.17, 15) is 14.4 Å². The van der Waals surface area contributed by atoms with Gasteiger partial charge in [0.25, 0.3) is 0 Å². The number of ether oxygens (including phenoxy) is 1. The largest absolute Gasteiger partial charge is 0.444 e. The van der Waals surface area contributed by atoms with E-state index in [4.69, 9.17) is 9.84 Å². The summed E-state index contributed by atoms with van der Waals surface area (Å²) >= 11 is 0. The lowest BCUT2D eigenvalue weighted by Gasteiger charge is -2.25. The molecule has 2 atom stereocenters. The molecule has 0 fully saturated rings. The second kappa shape index (κ2) is 8.59. The van der Waals surface area contributed by atoms with E-state index in [1.807, 2.05) is 6.07 Å². The van der Waals surface area contributed by atoms with Crippen LogP contribution in [0.2, 0.25) is 0 Å². The van der Waals surface area contributed by atoms with Gasteiger partial charge in [-0.25, -0.2) is 4.79 Å². The summed E-state index contributed by atoms with van der Waals surface area (Å²) in [6.45, 7) is 5.83. The molecule has 0 saturated carbocycles. The fraction of sp³-hybridized carbons (Fsp3) is 0.500. The first-order valence-corrected chi connectivity index (χ1v) is 7.82. The molecule has 0 aliphatic heterocycles. The quantitative estimate of drug-likeness (QED) is 0.797. The predicted octanol–water partition coefficient (Wildman–Crippen LogP) is 2.20. The van der Waals surface area contributed by atoms with Crippen molar-refractivity contribution >= 4 is 17.7 Å². The van der Waals surface area contributed by atoms with Crippen molar-refractivity contribution in [2.45, 2.75) is 51.7 Å². The van der Waals surface area contributed by atoms with Gasteiger partial charge in [0.15, 0.2) is 5.78 Å². The minimum Gasteiger partial charge on any atom is -0.444 e. The van der Waals surface area contributed by atoms with Gasteiger partial charge in [-0.3, -0.25) is 9.59 Å². The number of carbonyl (C=O) groups excluding carboxylic acids is 3. The zero-order chi connectivity index (χ0) is 18.3. The highest BCUT2D eigenvalue weighted by Crippen LogP contribution is 2.23. The fourth-order valence-corrected chi connectivity index (χ4v) is 2.29. The molecule has 2 N–H and O–H groups in total. The summed E-state index contributed by atoms with van der Waals surface area (Å²) < 4.78 is 5.14. The van der Waals surface area contributed by atoms with Gasteiger partial charge in [0.2, 0.25) is 0 Å².